The molecule has 10 heteroatoms. The monoisotopic (exact) mass is 460 g/mol. The Hall–Kier alpha value is -1.49. The smallest absolute Gasteiger partial charge is 0.310 e. The van der Waals surface area contributed by atoms with Gasteiger partial charge in [0, 0.05) is 37.7 Å². The number of methoxy groups -OCH3 is 1. The fourth-order valence-electron chi connectivity index (χ4n) is 3.52. The van der Waals surface area contributed by atoms with Crippen LogP contribution in [0.15, 0.2) is 16.3 Å². The van der Waals surface area contributed by atoms with Crippen LogP contribution in [0.3, 0.4) is 0 Å². The second kappa shape index (κ2) is 11.2. The molecule has 2 atom stereocenters. The molecule has 1 aliphatic heterocycles. The summed E-state index contributed by atoms with van der Waals surface area (Å²) in [5.74, 6) is -1.45. The van der Waals surface area contributed by atoms with Crippen molar-refractivity contribution in [2.45, 2.75) is 37.8 Å². The lowest BCUT2D eigenvalue weighted by Crippen LogP contribution is -2.48. The third-order valence-electron chi connectivity index (χ3n) is 5.16. The molecule has 1 aromatic rings. The molecule has 1 saturated heterocycles. The van der Waals surface area contributed by atoms with E-state index in [0.717, 1.165) is 4.88 Å². The summed E-state index contributed by atoms with van der Waals surface area (Å²) in [6, 6.07) is 3.40. The van der Waals surface area contributed by atoms with Gasteiger partial charge in [0.05, 0.1) is 25.6 Å². The van der Waals surface area contributed by atoms with Crippen LogP contribution in [-0.4, -0.2) is 76.0 Å². The molecule has 1 aromatic heterocycles. The molecule has 0 aromatic carbocycles. The molecular formula is C20H32N2O6S2. The number of aryl methyl sites for hydroxylation is 1. The Bertz CT molecular complexity index is 823. The van der Waals surface area contributed by atoms with E-state index < -0.39 is 21.9 Å². The highest BCUT2D eigenvalue weighted by Gasteiger charge is 2.36. The molecule has 1 aliphatic rings. The number of carbonyl (C=O) groups is 2. The van der Waals surface area contributed by atoms with Gasteiger partial charge in [0.1, 0.15) is 4.21 Å². The summed E-state index contributed by atoms with van der Waals surface area (Å²) in [5.41, 5.74) is 0. The summed E-state index contributed by atoms with van der Waals surface area (Å²) in [7, 11) is -2.29. The number of sulfonamides is 1. The SMILES string of the molecule is CCOCCN(C[C@H](C)C(=O)OC)C(=O)[C@H]1CCCN(S(=O)(=O)c2ccc(C)s2)C1. The van der Waals surface area contributed by atoms with Crippen molar-refractivity contribution in [2.75, 3.05) is 46.5 Å². The lowest BCUT2D eigenvalue weighted by molar-refractivity contribution is -0.147. The van der Waals surface area contributed by atoms with Gasteiger partial charge in [-0.05, 0) is 38.8 Å². The first kappa shape index (κ1) is 24.8. The summed E-state index contributed by atoms with van der Waals surface area (Å²) >= 11 is 1.24. The number of ether oxygens (including phenoxy) is 2. The number of esters is 1. The van der Waals surface area contributed by atoms with Gasteiger partial charge in [-0.3, -0.25) is 9.59 Å². The first-order chi connectivity index (χ1) is 14.2. The van der Waals surface area contributed by atoms with Gasteiger partial charge in [-0.1, -0.05) is 6.92 Å². The second-order valence-corrected chi connectivity index (χ2v) is 10.9. The number of hydrogen-bond donors (Lipinski definition) is 0. The molecule has 0 spiro atoms. The van der Waals surface area contributed by atoms with Crippen LogP contribution >= 0.6 is 11.3 Å². The maximum absolute atomic E-state index is 13.3. The van der Waals surface area contributed by atoms with Crippen LogP contribution in [0.25, 0.3) is 0 Å². The molecule has 170 valence electrons. The molecule has 0 N–H and O–H groups in total. The highest BCUT2D eigenvalue weighted by Crippen LogP contribution is 2.29. The van der Waals surface area contributed by atoms with Crippen LogP contribution in [0.4, 0.5) is 0 Å². The molecule has 1 fully saturated rings. The number of carbonyl (C=O) groups excluding carboxylic acids is 2. The first-order valence-corrected chi connectivity index (χ1v) is 12.5. The highest BCUT2D eigenvalue weighted by molar-refractivity contribution is 7.91. The van der Waals surface area contributed by atoms with Crippen molar-refractivity contribution in [3.05, 3.63) is 17.0 Å². The summed E-state index contributed by atoms with van der Waals surface area (Å²) < 4.78 is 37.9. The lowest BCUT2D eigenvalue weighted by atomic mass is 9.97. The zero-order valence-electron chi connectivity index (χ0n) is 18.1. The molecule has 2 heterocycles. The minimum atomic E-state index is -3.61. The molecule has 0 unspecified atom stereocenters. The van der Waals surface area contributed by atoms with Crippen molar-refractivity contribution >= 4 is 33.2 Å². The van der Waals surface area contributed by atoms with Crippen molar-refractivity contribution in [1.82, 2.24) is 9.21 Å². The molecular weight excluding hydrogens is 428 g/mol. The number of piperidine rings is 1. The number of thiophene rings is 1. The van der Waals surface area contributed by atoms with E-state index in [1.165, 1.54) is 22.8 Å². The molecule has 2 rings (SSSR count). The molecule has 0 saturated carbocycles. The van der Waals surface area contributed by atoms with Crippen LogP contribution in [0.2, 0.25) is 0 Å². The van der Waals surface area contributed by atoms with Gasteiger partial charge in [0.2, 0.25) is 5.91 Å². The van der Waals surface area contributed by atoms with E-state index >= 15 is 0 Å². The Morgan fingerprint density at radius 2 is 2.10 bits per heavy atom. The molecule has 8 nitrogen and oxygen atoms in total. The van der Waals surface area contributed by atoms with E-state index in [1.54, 1.807) is 24.0 Å². The number of hydrogen-bond acceptors (Lipinski definition) is 7. The second-order valence-electron chi connectivity index (χ2n) is 7.47. The quantitative estimate of drug-likeness (QED) is 0.392. The Morgan fingerprint density at radius 3 is 2.70 bits per heavy atom. The predicted molar refractivity (Wildman–Crippen MR) is 115 cm³/mol. The normalized spacial score (nSPS) is 18.7. The van der Waals surface area contributed by atoms with E-state index in [4.69, 9.17) is 9.47 Å². The van der Waals surface area contributed by atoms with Crippen LogP contribution < -0.4 is 0 Å². The predicted octanol–water partition coefficient (Wildman–Crippen LogP) is 2.13. The van der Waals surface area contributed by atoms with Crippen molar-refractivity contribution in [3.8, 4) is 0 Å². The van der Waals surface area contributed by atoms with Gasteiger partial charge in [0.15, 0.2) is 0 Å². The van der Waals surface area contributed by atoms with Crippen molar-refractivity contribution in [3.63, 3.8) is 0 Å². The first-order valence-electron chi connectivity index (χ1n) is 10.2. The molecule has 0 aliphatic carbocycles. The molecule has 30 heavy (non-hydrogen) atoms. The van der Waals surface area contributed by atoms with Gasteiger partial charge in [-0.15, -0.1) is 11.3 Å². The number of amides is 1. The van der Waals surface area contributed by atoms with E-state index in [0.29, 0.717) is 43.4 Å². The molecule has 0 radical (unpaired) electrons. The largest absolute Gasteiger partial charge is 0.469 e. The summed E-state index contributed by atoms with van der Waals surface area (Å²) in [6.45, 7) is 7.46. The standard InChI is InChI=1S/C20H32N2O6S2/c1-5-28-12-11-21(13-15(2)20(24)27-4)19(23)17-7-6-10-22(14-17)30(25,26)18-9-8-16(3)29-18/h8-9,15,17H,5-7,10-14H2,1-4H3/t15-,17-/m0/s1. The lowest BCUT2D eigenvalue weighted by Gasteiger charge is -2.34. The average molecular weight is 461 g/mol. The Kier molecular flexibility index (Phi) is 9.27. The minimum absolute atomic E-state index is 0.146. The van der Waals surface area contributed by atoms with Crippen molar-refractivity contribution in [1.29, 1.82) is 0 Å². The van der Waals surface area contributed by atoms with Crippen molar-refractivity contribution in [2.24, 2.45) is 11.8 Å². The third-order valence-corrected chi connectivity index (χ3v) is 8.50. The van der Waals surface area contributed by atoms with Gasteiger partial charge in [0.25, 0.3) is 10.0 Å². The maximum Gasteiger partial charge on any atom is 0.310 e. The summed E-state index contributed by atoms with van der Waals surface area (Å²) in [4.78, 5) is 27.6. The van der Waals surface area contributed by atoms with E-state index in [9.17, 15) is 18.0 Å². The zero-order chi connectivity index (χ0) is 22.3. The Balaban J connectivity index is 2.12. The topological polar surface area (TPSA) is 93.2 Å². The fraction of sp³-hybridized carbons (Fsp3) is 0.700. The molecule has 1 amide bonds. The Labute approximate surface area is 183 Å². The van der Waals surface area contributed by atoms with E-state index in [2.05, 4.69) is 0 Å². The minimum Gasteiger partial charge on any atom is -0.469 e. The van der Waals surface area contributed by atoms with Gasteiger partial charge >= 0.3 is 5.97 Å². The fourth-order valence-corrected chi connectivity index (χ4v) is 6.48. The highest BCUT2D eigenvalue weighted by atomic mass is 32.2. The Morgan fingerprint density at radius 1 is 1.37 bits per heavy atom. The van der Waals surface area contributed by atoms with Crippen LogP contribution in [-0.2, 0) is 29.1 Å². The molecule has 0 bridgehead atoms. The van der Waals surface area contributed by atoms with E-state index in [-0.39, 0.29) is 25.0 Å². The van der Waals surface area contributed by atoms with Gasteiger partial charge < -0.3 is 14.4 Å². The average Bonchev–Trinajstić information content (AvgIpc) is 3.19. The number of nitrogens with zero attached hydrogens (tertiary/aromatic N) is 2. The van der Waals surface area contributed by atoms with Crippen LogP contribution in [0.1, 0.15) is 31.6 Å². The van der Waals surface area contributed by atoms with Gasteiger partial charge in [-0.25, -0.2) is 8.42 Å². The van der Waals surface area contributed by atoms with Crippen LogP contribution in [0, 0.1) is 18.8 Å². The zero-order valence-corrected chi connectivity index (χ0v) is 19.8. The van der Waals surface area contributed by atoms with Crippen molar-refractivity contribution < 1.29 is 27.5 Å². The summed E-state index contributed by atoms with van der Waals surface area (Å²) in [5, 5.41) is 0. The van der Waals surface area contributed by atoms with E-state index in [1.807, 2.05) is 13.8 Å². The van der Waals surface area contributed by atoms with Crippen LogP contribution in [0.5, 0.6) is 0 Å². The summed E-state index contributed by atoms with van der Waals surface area (Å²) in [6.07, 6.45) is 1.23. The van der Waals surface area contributed by atoms with Gasteiger partial charge in [-0.2, -0.15) is 4.31 Å². The number of rotatable bonds is 10. The maximum atomic E-state index is 13.3. The third kappa shape index (κ3) is 6.26.